The van der Waals surface area contributed by atoms with Crippen LogP contribution in [-0.2, 0) is 4.79 Å². The Balaban J connectivity index is 1.68. The topological polar surface area (TPSA) is 85.4 Å². The van der Waals surface area contributed by atoms with Crippen molar-refractivity contribution in [3.8, 4) is 17.2 Å². The molecule has 0 aromatic heterocycles. The van der Waals surface area contributed by atoms with Crippen molar-refractivity contribution in [2.75, 3.05) is 26.2 Å². The average Bonchev–Trinajstić information content (AvgIpc) is 3.19. The number of benzene rings is 3. The van der Waals surface area contributed by atoms with Gasteiger partial charge in [0.05, 0.1) is 58.6 Å². The number of halogens is 5. The molecular weight excluding hydrogens is 614 g/mol. The summed E-state index contributed by atoms with van der Waals surface area (Å²) in [7, 11) is 4.35. The molecule has 5 rings (SSSR count). The van der Waals surface area contributed by atoms with Crippen LogP contribution in [0.1, 0.15) is 32.3 Å². The number of hydrogen-bond acceptors (Lipinski definition) is 6. The van der Waals surface area contributed by atoms with E-state index in [1.807, 2.05) is 0 Å². The number of carbonyl (C=O) groups excluding carboxylic acids is 3. The summed E-state index contributed by atoms with van der Waals surface area (Å²) in [4.78, 5) is 43.3. The van der Waals surface area contributed by atoms with Crippen molar-refractivity contribution in [2.24, 2.45) is 0 Å². The van der Waals surface area contributed by atoms with Crippen molar-refractivity contribution in [1.82, 2.24) is 4.90 Å². The van der Waals surface area contributed by atoms with Gasteiger partial charge in [0.2, 0.25) is 5.75 Å². The summed E-state index contributed by atoms with van der Waals surface area (Å²) in [6.07, 6.45) is 0. The Kier molecular flexibility index (Phi) is 7.28. The van der Waals surface area contributed by atoms with Crippen molar-refractivity contribution in [3.05, 3.63) is 78.2 Å². The van der Waals surface area contributed by atoms with E-state index in [2.05, 4.69) is 0 Å². The molecule has 39 heavy (non-hydrogen) atoms. The lowest BCUT2D eigenvalue weighted by molar-refractivity contribution is -0.130. The molecule has 202 valence electrons. The van der Waals surface area contributed by atoms with Gasteiger partial charge in [0.25, 0.3) is 17.7 Å². The molecule has 0 N–H and O–H groups in total. The first-order valence-electron chi connectivity index (χ1n) is 11.2. The number of rotatable bonds is 6. The molecule has 8 nitrogen and oxygen atoms in total. The van der Waals surface area contributed by atoms with Gasteiger partial charge in [-0.15, -0.1) is 0 Å². The van der Waals surface area contributed by atoms with Crippen LogP contribution in [0.3, 0.4) is 0 Å². The molecule has 0 aliphatic carbocycles. The van der Waals surface area contributed by atoms with Gasteiger partial charge < -0.3 is 19.1 Å². The largest absolute Gasteiger partial charge is 0.493 e. The van der Waals surface area contributed by atoms with E-state index in [-0.39, 0.29) is 31.2 Å². The molecule has 0 spiro atoms. The Hall–Kier alpha value is -2.88. The van der Waals surface area contributed by atoms with Gasteiger partial charge in [0, 0.05) is 10.7 Å². The van der Waals surface area contributed by atoms with E-state index >= 15 is 0 Å². The second-order valence-corrected chi connectivity index (χ2v) is 10.5. The summed E-state index contributed by atoms with van der Waals surface area (Å²) in [5.41, 5.74) is 0.539. The van der Waals surface area contributed by atoms with Gasteiger partial charge in [0.1, 0.15) is 6.04 Å². The first-order valence-corrected chi connectivity index (χ1v) is 13.1. The van der Waals surface area contributed by atoms with Crippen LogP contribution in [0.5, 0.6) is 17.2 Å². The van der Waals surface area contributed by atoms with Crippen LogP contribution >= 0.6 is 58.0 Å². The minimum Gasteiger partial charge on any atom is -0.493 e. The summed E-state index contributed by atoms with van der Waals surface area (Å²) >= 11 is 31.0. The van der Waals surface area contributed by atoms with Crippen molar-refractivity contribution < 1.29 is 28.6 Å². The van der Waals surface area contributed by atoms with Crippen LogP contribution in [0, 0.1) is 0 Å². The summed E-state index contributed by atoms with van der Waals surface area (Å²) in [6, 6.07) is 7.68. The van der Waals surface area contributed by atoms with Gasteiger partial charge in [-0.25, -0.2) is 0 Å². The van der Waals surface area contributed by atoms with E-state index in [1.54, 1.807) is 36.4 Å². The standard InChI is InChI=1S/C26H17Cl5N2O6/c1-37-13-8-10(9-14(38-2)23(13)39-3)21-22(26(36)32(21)12-6-4-11(27)5-7-12)33-24(34)15-16(25(33)35)18(29)20(31)19(30)17(15)28/h4-9,21-22H,1-3H3/t21-,22-/m0/s1. The number of fused-ring (bicyclic) bond motifs is 1. The summed E-state index contributed by atoms with van der Waals surface area (Å²) in [6.45, 7) is 0. The van der Waals surface area contributed by atoms with Crippen molar-refractivity contribution in [3.63, 3.8) is 0 Å². The minimum atomic E-state index is -1.28. The van der Waals surface area contributed by atoms with Crippen LogP contribution in [-0.4, -0.2) is 50.0 Å². The summed E-state index contributed by atoms with van der Waals surface area (Å²) < 4.78 is 16.4. The van der Waals surface area contributed by atoms with E-state index < -0.39 is 29.8 Å². The highest BCUT2D eigenvalue weighted by Crippen LogP contribution is 2.51. The Morgan fingerprint density at radius 3 is 1.56 bits per heavy atom. The number of ether oxygens (including phenoxy) is 3. The summed E-state index contributed by atoms with van der Waals surface area (Å²) in [5, 5.41) is -0.339. The predicted molar refractivity (Wildman–Crippen MR) is 149 cm³/mol. The molecule has 2 aliphatic heterocycles. The van der Waals surface area contributed by atoms with Gasteiger partial charge in [-0.2, -0.15) is 0 Å². The van der Waals surface area contributed by atoms with E-state index in [1.165, 1.54) is 26.2 Å². The lowest BCUT2D eigenvalue weighted by atomic mass is 9.86. The molecule has 2 atom stereocenters. The Bertz CT molecular complexity index is 1490. The lowest BCUT2D eigenvalue weighted by Crippen LogP contribution is -2.67. The number of hydrogen-bond donors (Lipinski definition) is 0. The number of imide groups is 1. The maximum absolute atomic E-state index is 13.7. The monoisotopic (exact) mass is 628 g/mol. The minimum absolute atomic E-state index is 0.172. The maximum Gasteiger partial charge on any atom is 0.264 e. The van der Waals surface area contributed by atoms with E-state index in [4.69, 9.17) is 72.2 Å². The average molecular weight is 631 g/mol. The van der Waals surface area contributed by atoms with Crippen LogP contribution < -0.4 is 19.1 Å². The highest BCUT2D eigenvalue weighted by atomic mass is 35.5. The van der Waals surface area contributed by atoms with E-state index in [9.17, 15) is 14.4 Å². The smallest absolute Gasteiger partial charge is 0.264 e. The third-order valence-electron chi connectivity index (χ3n) is 6.61. The SMILES string of the molecule is COc1cc([C@H]2[C@H](N3C(=O)c4c(Cl)c(Cl)c(Cl)c(Cl)c4C3=O)C(=O)N2c2ccc(Cl)cc2)cc(OC)c1OC. The summed E-state index contributed by atoms with van der Waals surface area (Å²) in [5.74, 6) is -1.23. The van der Waals surface area contributed by atoms with Crippen LogP contribution in [0.4, 0.5) is 5.69 Å². The molecular formula is C26H17Cl5N2O6. The van der Waals surface area contributed by atoms with Crippen molar-refractivity contribution in [2.45, 2.75) is 12.1 Å². The Labute approximate surface area is 247 Å². The number of nitrogens with zero attached hydrogens (tertiary/aromatic N) is 2. The lowest BCUT2D eigenvalue weighted by Gasteiger charge is -2.49. The highest BCUT2D eigenvalue weighted by Gasteiger charge is 2.58. The first kappa shape index (κ1) is 27.7. The molecule has 3 aromatic rings. The molecule has 0 saturated carbocycles. The number of β-lactam (4-membered cyclic amide) rings is 1. The van der Waals surface area contributed by atoms with Gasteiger partial charge in [-0.3, -0.25) is 19.3 Å². The molecule has 3 aromatic carbocycles. The quantitative estimate of drug-likeness (QED) is 0.130. The van der Waals surface area contributed by atoms with Crippen LogP contribution in [0.25, 0.3) is 0 Å². The fraction of sp³-hybridized carbons (Fsp3) is 0.192. The van der Waals surface area contributed by atoms with E-state index in [0.29, 0.717) is 33.5 Å². The van der Waals surface area contributed by atoms with Gasteiger partial charge in [0.15, 0.2) is 11.5 Å². The Morgan fingerprint density at radius 2 is 1.13 bits per heavy atom. The van der Waals surface area contributed by atoms with Crippen LogP contribution in [0.2, 0.25) is 25.1 Å². The third-order valence-corrected chi connectivity index (χ3v) is 8.67. The number of amides is 3. The predicted octanol–water partition coefficient (Wildman–Crippen LogP) is 6.73. The number of anilines is 1. The fourth-order valence-electron chi connectivity index (χ4n) is 4.84. The number of carbonyl (C=O) groups is 3. The van der Waals surface area contributed by atoms with E-state index in [0.717, 1.165) is 4.90 Å². The first-order chi connectivity index (χ1) is 18.6. The molecule has 0 bridgehead atoms. The molecule has 2 aliphatic rings. The normalized spacial score (nSPS) is 18.3. The zero-order chi connectivity index (χ0) is 28.3. The fourth-order valence-corrected chi connectivity index (χ4v) is 5.98. The zero-order valence-electron chi connectivity index (χ0n) is 20.4. The van der Waals surface area contributed by atoms with Gasteiger partial charge in [-0.1, -0.05) is 58.0 Å². The second kappa shape index (κ2) is 10.3. The van der Waals surface area contributed by atoms with Crippen molar-refractivity contribution in [1.29, 1.82) is 0 Å². The zero-order valence-corrected chi connectivity index (χ0v) is 24.1. The molecule has 3 amide bonds. The molecule has 13 heteroatoms. The number of methoxy groups -OCH3 is 3. The third kappa shape index (κ3) is 4.08. The highest BCUT2D eigenvalue weighted by molar-refractivity contribution is 6.55. The molecule has 2 heterocycles. The van der Waals surface area contributed by atoms with Crippen LogP contribution in [0.15, 0.2) is 36.4 Å². The molecule has 1 saturated heterocycles. The second-order valence-electron chi connectivity index (χ2n) is 8.52. The van der Waals surface area contributed by atoms with Gasteiger partial charge >= 0.3 is 0 Å². The Morgan fingerprint density at radius 1 is 0.641 bits per heavy atom. The molecule has 0 unspecified atom stereocenters. The maximum atomic E-state index is 13.7. The molecule has 0 radical (unpaired) electrons. The van der Waals surface area contributed by atoms with Crippen molar-refractivity contribution >= 4 is 81.4 Å². The molecule has 1 fully saturated rings. The van der Waals surface area contributed by atoms with Gasteiger partial charge in [-0.05, 0) is 42.0 Å².